The maximum atomic E-state index is 13.6. The first-order valence-electron chi connectivity index (χ1n) is 6.97. The second-order valence-corrected chi connectivity index (χ2v) is 6.85. The number of nitrogens with one attached hydrogen (secondary N) is 2. The maximum absolute atomic E-state index is 13.6. The Labute approximate surface area is 139 Å². The quantitative estimate of drug-likeness (QED) is 0.836. The van der Waals surface area contributed by atoms with Crippen LogP contribution in [0.1, 0.15) is 5.56 Å². The van der Waals surface area contributed by atoms with Gasteiger partial charge in [-0.2, -0.15) is 0 Å². The average Bonchev–Trinajstić information content (AvgIpc) is 2.48. The topological polar surface area (TPSA) is 84.5 Å². The van der Waals surface area contributed by atoms with Crippen LogP contribution in [-0.2, 0) is 21.2 Å². The van der Waals surface area contributed by atoms with Crippen LogP contribution in [0.2, 0.25) is 0 Å². The summed E-state index contributed by atoms with van der Waals surface area (Å²) < 4.78 is 43.7. The van der Waals surface area contributed by atoms with E-state index < -0.39 is 21.7 Å². The molecule has 0 saturated carbocycles. The van der Waals surface area contributed by atoms with E-state index in [1.54, 1.807) is 18.2 Å². The van der Waals surface area contributed by atoms with Gasteiger partial charge >= 0.3 is 0 Å². The molecule has 0 spiro atoms. The second kappa shape index (κ2) is 7.31. The van der Waals surface area contributed by atoms with Crippen LogP contribution in [0.25, 0.3) is 0 Å². The van der Waals surface area contributed by atoms with E-state index >= 15 is 0 Å². The van der Waals surface area contributed by atoms with Crippen molar-refractivity contribution in [2.75, 3.05) is 23.4 Å². The first-order valence-corrected chi connectivity index (χ1v) is 8.87. The molecule has 6 nitrogen and oxygen atoms in total. The Balaban J connectivity index is 2.16. The number of ether oxygens (including phenoxy) is 1. The standard InChI is InChI=1S/C16H17FN2O4S/c1-23-15-8-7-12(10-14(15)19-24(2,21)22)18-16(20)9-11-5-3-4-6-13(11)17/h3-8,10,19H,9H2,1-2H3,(H,18,20). The Kier molecular flexibility index (Phi) is 5.40. The lowest BCUT2D eigenvalue weighted by Gasteiger charge is -2.12. The van der Waals surface area contributed by atoms with Crippen LogP contribution in [-0.4, -0.2) is 27.7 Å². The number of carbonyl (C=O) groups is 1. The van der Waals surface area contributed by atoms with Gasteiger partial charge in [0.1, 0.15) is 11.6 Å². The van der Waals surface area contributed by atoms with Crippen molar-refractivity contribution >= 4 is 27.3 Å². The fourth-order valence-corrected chi connectivity index (χ4v) is 2.64. The molecule has 1 amide bonds. The number of hydrogen-bond donors (Lipinski definition) is 2. The summed E-state index contributed by atoms with van der Waals surface area (Å²) >= 11 is 0. The van der Waals surface area contributed by atoms with Crippen LogP contribution in [0.15, 0.2) is 42.5 Å². The highest BCUT2D eigenvalue weighted by Gasteiger charge is 2.12. The first-order chi connectivity index (χ1) is 11.3. The van der Waals surface area contributed by atoms with Crippen molar-refractivity contribution in [3.8, 4) is 5.75 Å². The van der Waals surface area contributed by atoms with Gasteiger partial charge in [0.2, 0.25) is 15.9 Å². The molecule has 0 aliphatic carbocycles. The van der Waals surface area contributed by atoms with Crippen molar-refractivity contribution in [1.29, 1.82) is 0 Å². The summed E-state index contributed by atoms with van der Waals surface area (Å²) in [5.41, 5.74) is 0.838. The molecule has 0 radical (unpaired) electrons. The van der Waals surface area contributed by atoms with Crippen molar-refractivity contribution in [1.82, 2.24) is 0 Å². The fraction of sp³-hybridized carbons (Fsp3) is 0.188. The van der Waals surface area contributed by atoms with E-state index in [9.17, 15) is 17.6 Å². The van der Waals surface area contributed by atoms with Crippen molar-refractivity contribution in [2.45, 2.75) is 6.42 Å². The Morgan fingerprint density at radius 3 is 2.54 bits per heavy atom. The molecule has 0 aliphatic rings. The molecule has 128 valence electrons. The lowest BCUT2D eigenvalue weighted by molar-refractivity contribution is -0.115. The highest BCUT2D eigenvalue weighted by Crippen LogP contribution is 2.28. The van der Waals surface area contributed by atoms with Crippen LogP contribution < -0.4 is 14.8 Å². The van der Waals surface area contributed by atoms with Gasteiger partial charge in [-0.25, -0.2) is 12.8 Å². The third-order valence-electron chi connectivity index (χ3n) is 3.09. The van der Waals surface area contributed by atoms with Gasteiger partial charge in [0.25, 0.3) is 0 Å². The molecule has 2 rings (SSSR count). The average molecular weight is 352 g/mol. The third kappa shape index (κ3) is 4.95. The van der Waals surface area contributed by atoms with E-state index in [2.05, 4.69) is 10.0 Å². The zero-order valence-corrected chi connectivity index (χ0v) is 14.0. The van der Waals surface area contributed by atoms with Gasteiger partial charge < -0.3 is 10.1 Å². The predicted octanol–water partition coefficient (Wildman–Crippen LogP) is 2.39. The van der Waals surface area contributed by atoms with Crippen molar-refractivity contribution in [3.63, 3.8) is 0 Å². The molecule has 2 N–H and O–H groups in total. The molecule has 0 unspecified atom stereocenters. The number of methoxy groups -OCH3 is 1. The van der Waals surface area contributed by atoms with Crippen molar-refractivity contribution in [3.05, 3.63) is 53.8 Å². The smallest absolute Gasteiger partial charge is 0.229 e. The Morgan fingerprint density at radius 2 is 1.92 bits per heavy atom. The normalized spacial score (nSPS) is 11.0. The minimum Gasteiger partial charge on any atom is -0.495 e. The summed E-state index contributed by atoms with van der Waals surface area (Å²) in [6, 6.07) is 10.5. The molecule has 0 aliphatic heterocycles. The summed E-state index contributed by atoms with van der Waals surface area (Å²) in [5.74, 6) is -0.565. The van der Waals surface area contributed by atoms with Crippen LogP contribution in [0, 0.1) is 5.82 Å². The largest absolute Gasteiger partial charge is 0.495 e. The third-order valence-corrected chi connectivity index (χ3v) is 3.68. The van der Waals surface area contributed by atoms with Gasteiger partial charge in [-0.15, -0.1) is 0 Å². The highest BCUT2D eigenvalue weighted by atomic mass is 32.2. The van der Waals surface area contributed by atoms with Gasteiger partial charge in [0.15, 0.2) is 0 Å². The lowest BCUT2D eigenvalue weighted by atomic mass is 10.1. The predicted molar refractivity (Wildman–Crippen MR) is 90.2 cm³/mol. The number of benzene rings is 2. The van der Waals surface area contributed by atoms with Crippen LogP contribution in [0.5, 0.6) is 5.75 Å². The summed E-state index contributed by atoms with van der Waals surface area (Å²) in [7, 11) is -2.10. The number of hydrogen-bond acceptors (Lipinski definition) is 4. The zero-order valence-electron chi connectivity index (χ0n) is 13.2. The molecular weight excluding hydrogens is 335 g/mol. The van der Waals surface area contributed by atoms with E-state index in [-0.39, 0.29) is 17.7 Å². The number of anilines is 2. The van der Waals surface area contributed by atoms with E-state index in [4.69, 9.17) is 4.74 Å². The molecular formula is C16H17FN2O4S. The molecule has 0 atom stereocenters. The Bertz CT molecular complexity index is 853. The molecule has 2 aromatic rings. The number of carbonyl (C=O) groups excluding carboxylic acids is 1. The molecule has 0 saturated heterocycles. The molecule has 0 bridgehead atoms. The van der Waals surface area contributed by atoms with Gasteiger partial charge in [0, 0.05) is 5.69 Å². The molecule has 0 aromatic heterocycles. The van der Waals surface area contributed by atoms with Crippen molar-refractivity contribution in [2.24, 2.45) is 0 Å². The Morgan fingerprint density at radius 1 is 1.21 bits per heavy atom. The van der Waals surface area contributed by atoms with E-state index in [1.165, 1.54) is 31.4 Å². The van der Waals surface area contributed by atoms with Gasteiger partial charge in [-0.3, -0.25) is 9.52 Å². The second-order valence-electron chi connectivity index (χ2n) is 5.11. The maximum Gasteiger partial charge on any atom is 0.229 e. The number of amides is 1. The number of halogens is 1. The van der Waals surface area contributed by atoms with Crippen LogP contribution >= 0.6 is 0 Å². The molecule has 0 fully saturated rings. The monoisotopic (exact) mass is 352 g/mol. The van der Waals surface area contributed by atoms with Crippen LogP contribution in [0.4, 0.5) is 15.8 Å². The SMILES string of the molecule is COc1ccc(NC(=O)Cc2ccccc2F)cc1NS(C)(=O)=O. The summed E-state index contributed by atoms with van der Waals surface area (Å²) in [6.07, 6.45) is 0.878. The van der Waals surface area contributed by atoms with Gasteiger partial charge in [0.05, 0.1) is 25.5 Å². The van der Waals surface area contributed by atoms with Gasteiger partial charge in [-0.05, 0) is 29.8 Å². The minimum atomic E-state index is -3.50. The highest BCUT2D eigenvalue weighted by molar-refractivity contribution is 7.92. The fourth-order valence-electron chi connectivity index (χ4n) is 2.09. The van der Waals surface area contributed by atoms with E-state index in [0.29, 0.717) is 11.4 Å². The molecule has 0 heterocycles. The summed E-state index contributed by atoms with van der Waals surface area (Å²) in [4.78, 5) is 12.0. The van der Waals surface area contributed by atoms with Crippen LogP contribution in [0.3, 0.4) is 0 Å². The lowest BCUT2D eigenvalue weighted by Crippen LogP contribution is -2.16. The summed E-state index contributed by atoms with van der Waals surface area (Å²) in [6.45, 7) is 0. The van der Waals surface area contributed by atoms with Gasteiger partial charge in [-0.1, -0.05) is 18.2 Å². The molecule has 24 heavy (non-hydrogen) atoms. The molecule has 8 heteroatoms. The zero-order chi connectivity index (χ0) is 17.7. The number of rotatable bonds is 6. The number of sulfonamides is 1. The summed E-state index contributed by atoms with van der Waals surface area (Å²) in [5, 5.41) is 2.60. The van der Waals surface area contributed by atoms with Crippen molar-refractivity contribution < 1.29 is 22.3 Å². The molecule has 2 aromatic carbocycles. The van der Waals surface area contributed by atoms with E-state index in [0.717, 1.165) is 6.26 Å². The Hall–Kier alpha value is -2.61. The van der Waals surface area contributed by atoms with E-state index in [1.807, 2.05) is 0 Å². The minimum absolute atomic E-state index is 0.131. The first kappa shape index (κ1) is 17.7.